The molecule has 0 bridgehead atoms. The number of carbonyl (C=O) groups is 1. The molecule has 3 N–H and O–H groups in total. The fraction of sp³-hybridized carbons (Fsp3) is 0.190. The quantitative estimate of drug-likeness (QED) is 0.547. The molecule has 0 aliphatic carbocycles. The van der Waals surface area contributed by atoms with E-state index in [1.165, 1.54) is 0 Å². The molecule has 0 saturated heterocycles. The van der Waals surface area contributed by atoms with Gasteiger partial charge in [0.15, 0.2) is 17.7 Å². The summed E-state index contributed by atoms with van der Waals surface area (Å²) in [4.78, 5) is 20.0. The van der Waals surface area contributed by atoms with Gasteiger partial charge in [0.2, 0.25) is 5.95 Å². The average molecular weight is 425 g/mol. The first-order valence-corrected chi connectivity index (χ1v) is 9.36. The Balaban J connectivity index is 1.57. The third-order valence-corrected chi connectivity index (χ3v) is 4.52. The molecular weight excluding hydrogens is 405 g/mol. The number of methoxy groups -OCH3 is 2. The molecule has 1 aliphatic heterocycles. The number of nitrogens with one attached hydrogen (secondary N) is 3. The van der Waals surface area contributed by atoms with Gasteiger partial charge in [-0.05, 0) is 25.1 Å². The average Bonchev–Trinajstić information content (AvgIpc) is 2.76. The summed E-state index contributed by atoms with van der Waals surface area (Å²) in [6.07, 6.45) is 0.481. The fourth-order valence-electron chi connectivity index (χ4n) is 2.95. The number of amides is 1. The van der Waals surface area contributed by atoms with Gasteiger partial charge in [0, 0.05) is 29.6 Å². The molecule has 2 aromatic carbocycles. The molecule has 0 fully saturated rings. The van der Waals surface area contributed by atoms with Gasteiger partial charge in [0.1, 0.15) is 17.2 Å². The second-order valence-electron chi connectivity index (χ2n) is 6.70. The number of benzene rings is 2. The SMILES string of the molecule is COc1cc(Nc2ncc(F)c(Nc3ccc4c(c3)NC(=O)C(C)O4)n2)cc(OC)c1. The highest BCUT2D eigenvalue weighted by Gasteiger charge is 2.23. The molecule has 0 spiro atoms. The van der Waals surface area contributed by atoms with Crippen LogP contribution in [0.5, 0.6) is 17.2 Å². The molecule has 1 atom stereocenters. The van der Waals surface area contributed by atoms with Gasteiger partial charge in [0.25, 0.3) is 5.91 Å². The number of hydrogen-bond acceptors (Lipinski definition) is 8. The molecular formula is C21H20FN5O4. The summed E-state index contributed by atoms with van der Waals surface area (Å²) in [5.41, 5.74) is 1.62. The van der Waals surface area contributed by atoms with Crippen molar-refractivity contribution in [2.45, 2.75) is 13.0 Å². The van der Waals surface area contributed by atoms with Crippen molar-refractivity contribution in [1.82, 2.24) is 9.97 Å². The van der Waals surface area contributed by atoms with Crippen LogP contribution in [0.3, 0.4) is 0 Å². The lowest BCUT2D eigenvalue weighted by atomic mass is 10.2. The van der Waals surface area contributed by atoms with E-state index in [0.717, 1.165) is 6.20 Å². The summed E-state index contributed by atoms with van der Waals surface area (Å²) >= 11 is 0. The number of anilines is 5. The molecule has 9 nitrogen and oxygen atoms in total. The fourth-order valence-corrected chi connectivity index (χ4v) is 2.95. The van der Waals surface area contributed by atoms with E-state index < -0.39 is 11.9 Å². The molecule has 31 heavy (non-hydrogen) atoms. The first kappa shape index (κ1) is 20.2. The van der Waals surface area contributed by atoms with Gasteiger partial charge in [-0.2, -0.15) is 4.98 Å². The van der Waals surface area contributed by atoms with Gasteiger partial charge in [-0.25, -0.2) is 9.37 Å². The Labute approximate surface area is 177 Å². The van der Waals surface area contributed by atoms with Gasteiger partial charge in [0.05, 0.1) is 26.1 Å². The Morgan fingerprint density at radius 2 is 1.81 bits per heavy atom. The van der Waals surface area contributed by atoms with Crippen LogP contribution in [0.15, 0.2) is 42.6 Å². The smallest absolute Gasteiger partial charge is 0.265 e. The molecule has 1 amide bonds. The van der Waals surface area contributed by atoms with Crippen LogP contribution < -0.4 is 30.2 Å². The number of carbonyl (C=O) groups excluding carboxylic acids is 1. The van der Waals surface area contributed by atoms with Crippen molar-refractivity contribution in [1.29, 1.82) is 0 Å². The molecule has 160 valence electrons. The predicted molar refractivity (Wildman–Crippen MR) is 113 cm³/mol. The number of ether oxygens (including phenoxy) is 3. The van der Waals surface area contributed by atoms with Gasteiger partial charge >= 0.3 is 0 Å². The van der Waals surface area contributed by atoms with Crippen molar-refractivity contribution in [2.24, 2.45) is 0 Å². The van der Waals surface area contributed by atoms with E-state index >= 15 is 0 Å². The first-order chi connectivity index (χ1) is 14.9. The zero-order valence-corrected chi connectivity index (χ0v) is 17.0. The maximum absolute atomic E-state index is 14.3. The maximum atomic E-state index is 14.3. The molecule has 2 heterocycles. The van der Waals surface area contributed by atoms with Gasteiger partial charge < -0.3 is 30.2 Å². The second kappa shape index (κ2) is 8.34. The summed E-state index contributed by atoms with van der Waals surface area (Å²) in [5, 5.41) is 8.65. The minimum atomic E-state index is -0.639. The van der Waals surface area contributed by atoms with E-state index in [0.29, 0.717) is 34.3 Å². The van der Waals surface area contributed by atoms with Crippen LogP contribution in [0.2, 0.25) is 0 Å². The van der Waals surface area contributed by atoms with E-state index in [2.05, 4.69) is 25.9 Å². The van der Waals surface area contributed by atoms with Crippen LogP contribution in [0.1, 0.15) is 6.92 Å². The predicted octanol–water partition coefficient (Wildman–Crippen LogP) is 3.84. The number of aromatic nitrogens is 2. The maximum Gasteiger partial charge on any atom is 0.265 e. The van der Waals surface area contributed by atoms with Gasteiger partial charge in [-0.15, -0.1) is 0 Å². The molecule has 1 aromatic heterocycles. The summed E-state index contributed by atoms with van der Waals surface area (Å²) in [6, 6.07) is 10.2. The van der Waals surface area contributed by atoms with Crippen LogP contribution in [0.25, 0.3) is 0 Å². The number of nitrogens with zero attached hydrogens (tertiary/aromatic N) is 2. The number of halogens is 1. The number of fused-ring (bicyclic) bond motifs is 1. The van der Waals surface area contributed by atoms with Crippen molar-refractivity contribution in [3.63, 3.8) is 0 Å². The Kier molecular flexibility index (Phi) is 5.44. The lowest BCUT2D eigenvalue weighted by molar-refractivity contribution is -0.122. The normalized spacial score (nSPS) is 14.7. The monoisotopic (exact) mass is 425 g/mol. The Hall–Kier alpha value is -4.08. The highest BCUT2D eigenvalue weighted by atomic mass is 19.1. The molecule has 0 saturated carbocycles. The topological polar surface area (TPSA) is 107 Å². The highest BCUT2D eigenvalue weighted by molar-refractivity contribution is 5.98. The molecule has 4 rings (SSSR count). The van der Waals surface area contributed by atoms with Crippen LogP contribution in [-0.4, -0.2) is 36.2 Å². The standard InChI is InChI=1S/C21H20FN5O4/c1-11-20(28)26-17-8-12(4-5-18(17)31-11)24-19-16(22)10-23-21(27-19)25-13-6-14(29-2)9-15(7-13)30-3/h4-11H,1-3H3,(H,26,28)(H2,23,24,25,27). The highest BCUT2D eigenvalue weighted by Crippen LogP contribution is 2.33. The van der Waals surface area contributed by atoms with Crippen LogP contribution in [-0.2, 0) is 4.79 Å². The van der Waals surface area contributed by atoms with E-state index in [1.807, 2.05) is 0 Å². The Morgan fingerprint density at radius 1 is 1.06 bits per heavy atom. The van der Waals surface area contributed by atoms with Crippen LogP contribution >= 0.6 is 0 Å². The lowest BCUT2D eigenvalue weighted by Gasteiger charge is -2.23. The van der Waals surface area contributed by atoms with E-state index in [-0.39, 0.29) is 17.7 Å². The van der Waals surface area contributed by atoms with Gasteiger partial charge in [-0.1, -0.05) is 0 Å². The zero-order valence-electron chi connectivity index (χ0n) is 17.0. The minimum absolute atomic E-state index is 0.0382. The molecule has 1 aliphatic rings. The Morgan fingerprint density at radius 3 is 2.52 bits per heavy atom. The van der Waals surface area contributed by atoms with Crippen molar-refractivity contribution < 1.29 is 23.4 Å². The van der Waals surface area contributed by atoms with E-state index in [9.17, 15) is 9.18 Å². The summed E-state index contributed by atoms with van der Waals surface area (Å²) in [7, 11) is 3.09. The van der Waals surface area contributed by atoms with Crippen molar-refractivity contribution in [3.05, 3.63) is 48.4 Å². The molecule has 10 heteroatoms. The van der Waals surface area contributed by atoms with Crippen molar-refractivity contribution in [3.8, 4) is 17.2 Å². The summed E-state index contributed by atoms with van der Waals surface area (Å²) in [5.74, 6) is 0.935. The van der Waals surface area contributed by atoms with E-state index in [4.69, 9.17) is 14.2 Å². The largest absolute Gasteiger partial charge is 0.497 e. The second-order valence-corrected chi connectivity index (χ2v) is 6.70. The van der Waals surface area contributed by atoms with Crippen molar-refractivity contribution in [2.75, 3.05) is 30.2 Å². The summed E-state index contributed by atoms with van der Waals surface area (Å²) in [6.45, 7) is 1.66. The minimum Gasteiger partial charge on any atom is -0.497 e. The molecule has 0 radical (unpaired) electrons. The lowest BCUT2D eigenvalue weighted by Crippen LogP contribution is -2.34. The summed E-state index contributed by atoms with van der Waals surface area (Å²) < 4.78 is 30.3. The zero-order chi connectivity index (χ0) is 22.0. The van der Waals surface area contributed by atoms with Crippen molar-refractivity contribution >= 4 is 34.7 Å². The Bertz CT molecular complexity index is 1120. The first-order valence-electron chi connectivity index (χ1n) is 9.36. The molecule has 3 aromatic rings. The van der Waals surface area contributed by atoms with Gasteiger partial charge in [-0.3, -0.25) is 4.79 Å². The van der Waals surface area contributed by atoms with E-state index in [1.54, 1.807) is 57.5 Å². The number of hydrogen-bond donors (Lipinski definition) is 3. The van der Waals surface area contributed by atoms with Crippen LogP contribution in [0, 0.1) is 5.82 Å². The third kappa shape index (κ3) is 4.42. The molecule has 1 unspecified atom stereocenters. The number of rotatable bonds is 6. The van der Waals surface area contributed by atoms with Crippen LogP contribution in [0.4, 0.5) is 33.2 Å². The third-order valence-electron chi connectivity index (χ3n) is 4.52.